The van der Waals surface area contributed by atoms with Gasteiger partial charge < -0.3 is 15.2 Å². The van der Waals surface area contributed by atoms with E-state index in [0.717, 1.165) is 9.28 Å². The van der Waals surface area contributed by atoms with E-state index >= 15 is 0 Å². The van der Waals surface area contributed by atoms with Gasteiger partial charge in [-0.05, 0) is 40.8 Å². The number of phenolic OH excluding ortho intramolecular Hbond substituents is 1. The monoisotopic (exact) mass is 374 g/mol. The lowest BCUT2D eigenvalue weighted by molar-refractivity contribution is 0.0731. The number of benzene rings is 1. The first kappa shape index (κ1) is 14.1. The average molecular weight is 374 g/mol. The van der Waals surface area contributed by atoms with Crippen LogP contribution in [0.2, 0.25) is 0 Å². The van der Waals surface area contributed by atoms with Gasteiger partial charge in [0, 0.05) is 29.0 Å². The first-order valence-electron chi connectivity index (χ1n) is 6.01. The van der Waals surface area contributed by atoms with Gasteiger partial charge in [-0.1, -0.05) is 12.1 Å². The number of aromatic hydroxyl groups is 1. The van der Waals surface area contributed by atoms with Crippen LogP contribution in [0.25, 0.3) is 0 Å². The van der Waals surface area contributed by atoms with E-state index in [4.69, 9.17) is 5.21 Å². The molecule has 6 heteroatoms. The van der Waals surface area contributed by atoms with Crippen LogP contribution < -0.4 is 0 Å². The normalized spacial score (nSPS) is 21.7. The molecule has 0 spiro atoms. The van der Waals surface area contributed by atoms with E-state index < -0.39 is 0 Å². The molecule has 1 heterocycles. The van der Waals surface area contributed by atoms with E-state index in [1.54, 1.807) is 17.0 Å². The summed E-state index contributed by atoms with van der Waals surface area (Å²) in [4.78, 5) is 14.1. The van der Waals surface area contributed by atoms with Gasteiger partial charge in [-0.2, -0.15) is 0 Å². The van der Waals surface area contributed by atoms with Crippen molar-refractivity contribution in [1.29, 1.82) is 0 Å². The van der Waals surface area contributed by atoms with Gasteiger partial charge in [0.1, 0.15) is 5.75 Å². The lowest BCUT2D eigenvalue weighted by Gasteiger charge is -2.31. The van der Waals surface area contributed by atoms with E-state index in [9.17, 15) is 9.90 Å². The van der Waals surface area contributed by atoms with Gasteiger partial charge in [-0.3, -0.25) is 4.79 Å². The minimum atomic E-state index is -0.181. The molecule has 1 aliphatic heterocycles. The van der Waals surface area contributed by atoms with E-state index in [2.05, 4.69) is 27.7 Å². The fourth-order valence-electron chi connectivity index (χ4n) is 2.21. The van der Waals surface area contributed by atoms with Crippen LogP contribution in [-0.2, 0) is 0 Å². The molecule has 102 valence electrons. The van der Waals surface area contributed by atoms with Gasteiger partial charge in [-0.25, -0.2) is 0 Å². The zero-order valence-corrected chi connectivity index (χ0v) is 12.7. The van der Waals surface area contributed by atoms with Crippen molar-refractivity contribution in [3.63, 3.8) is 0 Å². The van der Waals surface area contributed by atoms with Gasteiger partial charge in [0.25, 0.3) is 5.91 Å². The van der Waals surface area contributed by atoms with Crippen LogP contribution in [0.4, 0.5) is 0 Å². The molecule has 0 aliphatic carbocycles. The summed E-state index contributed by atoms with van der Waals surface area (Å²) in [5, 5.41) is 21.9. The van der Waals surface area contributed by atoms with E-state index in [0.29, 0.717) is 25.1 Å². The number of halogens is 1. The minimum absolute atomic E-state index is 0.000286. The summed E-state index contributed by atoms with van der Waals surface area (Å²) in [5.74, 6) is -0.146. The summed E-state index contributed by atoms with van der Waals surface area (Å²) in [7, 11) is 0. The Hall–Kier alpha value is -1.31. The summed E-state index contributed by atoms with van der Waals surface area (Å²) >= 11 is 2.11. The SMILES string of the molecule is CC1CN(C(=O)c2cc(I)ccc2O)CC/C1=N\O. The van der Waals surface area contributed by atoms with Crippen molar-refractivity contribution in [2.45, 2.75) is 13.3 Å². The Bertz CT molecular complexity index is 531. The summed E-state index contributed by atoms with van der Waals surface area (Å²) in [6.07, 6.45) is 0.564. The molecule has 2 rings (SSSR count). The maximum Gasteiger partial charge on any atom is 0.257 e. The van der Waals surface area contributed by atoms with Crippen LogP contribution in [0.5, 0.6) is 5.75 Å². The van der Waals surface area contributed by atoms with Gasteiger partial charge in [0.2, 0.25) is 0 Å². The van der Waals surface area contributed by atoms with E-state index in [-0.39, 0.29) is 17.6 Å². The van der Waals surface area contributed by atoms with Crippen LogP contribution in [0.3, 0.4) is 0 Å². The molecule has 1 aliphatic rings. The van der Waals surface area contributed by atoms with Crippen LogP contribution >= 0.6 is 22.6 Å². The van der Waals surface area contributed by atoms with Crippen LogP contribution in [0, 0.1) is 9.49 Å². The molecule has 1 atom stereocenters. The Kier molecular flexibility index (Phi) is 4.28. The number of amides is 1. The highest BCUT2D eigenvalue weighted by Crippen LogP contribution is 2.23. The number of nitrogens with zero attached hydrogens (tertiary/aromatic N) is 2. The zero-order valence-electron chi connectivity index (χ0n) is 10.5. The number of carbonyl (C=O) groups is 1. The molecule has 1 aromatic rings. The number of hydrogen-bond acceptors (Lipinski definition) is 4. The maximum atomic E-state index is 12.4. The lowest BCUT2D eigenvalue weighted by atomic mass is 9.97. The number of oxime groups is 1. The molecule has 0 bridgehead atoms. The Balaban J connectivity index is 2.19. The molecule has 1 unspecified atom stereocenters. The highest BCUT2D eigenvalue weighted by atomic mass is 127. The highest BCUT2D eigenvalue weighted by molar-refractivity contribution is 14.1. The van der Waals surface area contributed by atoms with Crippen molar-refractivity contribution < 1.29 is 15.1 Å². The smallest absolute Gasteiger partial charge is 0.257 e. The van der Waals surface area contributed by atoms with Crippen molar-refractivity contribution in [2.24, 2.45) is 11.1 Å². The molecule has 1 saturated heterocycles. The fraction of sp³-hybridized carbons (Fsp3) is 0.385. The molecule has 1 amide bonds. The number of piperidine rings is 1. The second kappa shape index (κ2) is 5.77. The Morgan fingerprint density at radius 3 is 2.89 bits per heavy atom. The number of phenols is 1. The van der Waals surface area contributed by atoms with Crippen molar-refractivity contribution in [3.8, 4) is 5.75 Å². The van der Waals surface area contributed by atoms with Crippen LogP contribution in [0.15, 0.2) is 23.4 Å². The third-order valence-electron chi connectivity index (χ3n) is 3.31. The summed E-state index contributed by atoms with van der Waals surface area (Å²) < 4.78 is 0.904. The standard InChI is InChI=1S/C13H15IN2O3/c1-8-7-16(5-4-11(8)15-19)13(18)10-6-9(14)2-3-12(10)17/h2-3,6,8,17,19H,4-5,7H2,1H3/b15-11+. The maximum absolute atomic E-state index is 12.4. The second-order valence-corrected chi connectivity index (χ2v) is 5.90. The van der Waals surface area contributed by atoms with Gasteiger partial charge >= 0.3 is 0 Å². The van der Waals surface area contributed by atoms with Crippen LogP contribution in [-0.4, -0.2) is 39.9 Å². The third kappa shape index (κ3) is 2.99. The minimum Gasteiger partial charge on any atom is -0.507 e. The molecule has 0 aromatic heterocycles. The molecule has 2 N–H and O–H groups in total. The predicted octanol–water partition coefficient (Wildman–Crippen LogP) is 2.31. The molecular weight excluding hydrogens is 359 g/mol. The van der Waals surface area contributed by atoms with Crippen molar-refractivity contribution in [3.05, 3.63) is 27.3 Å². The quantitative estimate of drug-likeness (QED) is 0.450. The molecule has 19 heavy (non-hydrogen) atoms. The van der Waals surface area contributed by atoms with Crippen molar-refractivity contribution >= 4 is 34.2 Å². The largest absolute Gasteiger partial charge is 0.507 e. The van der Waals surface area contributed by atoms with Crippen molar-refractivity contribution in [1.82, 2.24) is 4.90 Å². The van der Waals surface area contributed by atoms with Gasteiger partial charge in [-0.15, -0.1) is 0 Å². The Morgan fingerprint density at radius 2 is 2.26 bits per heavy atom. The highest BCUT2D eigenvalue weighted by Gasteiger charge is 2.27. The first-order chi connectivity index (χ1) is 9.02. The van der Waals surface area contributed by atoms with E-state index in [1.165, 1.54) is 6.07 Å². The molecular formula is C13H15IN2O3. The Morgan fingerprint density at radius 1 is 1.53 bits per heavy atom. The van der Waals surface area contributed by atoms with Gasteiger partial charge in [0.15, 0.2) is 0 Å². The molecule has 5 nitrogen and oxygen atoms in total. The van der Waals surface area contributed by atoms with Gasteiger partial charge in [0.05, 0.1) is 11.3 Å². The molecule has 0 radical (unpaired) electrons. The van der Waals surface area contributed by atoms with Crippen LogP contribution in [0.1, 0.15) is 23.7 Å². The summed E-state index contributed by atoms with van der Waals surface area (Å²) in [6.45, 7) is 2.93. The Labute approximate surface area is 125 Å². The number of rotatable bonds is 1. The lowest BCUT2D eigenvalue weighted by Crippen LogP contribution is -2.43. The van der Waals surface area contributed by atoms with E-state index in [1.807, 2.05) is 6.92 Å². The second-order valence-electron chi connectivity index (χ2n) is 4.66. The number of hydrogen-bond donors (Lipinski definition) is 2. The number of carbonyl (C=O) groups excluding carboxylic acids is 1. The summed E-state index contributed by atoms with van der Waals surface area (Å²) in [5.41, 5.74) is 1.04. The van der Waals surface area contributed by atoms with Crippen molar-refractivity contribution in [2.75, 3.05) is 13.1 Å². The topological polar surface area (TPSA) is 73.1 Å². The number of likely N-dealkylation sites (tertiary alicyclic amines) is 1. The average Bonchev–Trinajstić information content (AvgIpc) is 2.40. The third-order valence-corrected chi connectivity index (χ3v) is 3.98. The summed E-state index contributed by atoms with van der Waals surface area (Å²) in [6, 6.07) is 4.96. The first-order valence-corrected chi connectivity index (χ1v) is 7.09. The molecule has 1 aromatic carbocycles. The zero-order chi connectivity index (χ0) is 14.0. The molecule has 0 saturated carbocycles. The molecule has 1 fully saturated rings. The fourth-order valence-corrected chi connectivity index (χ4v) is 2.70. The predicted molar refractivity (Wildman–Crippen MR) is 79.7 cm³/mol.